The van der Waals surface area contributed by atoms with Crippen molar-refractivity contribution in [3.05, 3.63) is 64.8 Å². The van der Waals surface area contributed by atoms with Crippen LogP contribution in [-0.4, -0.2) is 21.9 Å². The predicted molar refractivity (Wildman–Crippen MR) is 101 cm³/mol. The Morgan fingerprint density at radius 1 is 1.32 bits per heavy atom. The molecule has 3 aromatic rings. The van der Waals surface area contributed by atoms with E-state index in [-0.39, 0.29) is 35.1 Å². The first-order chi connectivity index (χ1) is 13.5. The highest BCUT2D eigenvalue weighted by atomic mass is 35.5. The van der Waals surface area contributed by atoms with Gasteiger partial charge in [-0.3, -0.25) is 4.79 Å². The number of nitriles is 1. The molecule has 1 heterocycles. The number of ether oxygens (including phenoxy) is 1. The topological polar surface area (TPSA) is 101 Å². The van der Waals surface area contributed by atoms with E-state index in [4.69, 9.17) is 26.0 Å². The smallest absolute Gasteiger partial charge is 0.277 e. The molecule has 1 aromatic heterocycles. The van der Waals surface area contributed by atoms with Gasteiger partial charge in [0, 0.05) is 5.02 Å². The van der Waals surface area contributed by atoms with E-state index >= 15 is 0 Å². The number of nitrogens with zero attached hydrogens (tertiary/aromatic N) is 3. The minimum absolute atomic E-state index is 0.0206. The Morgan fingerprint density at radius 3 is 2.93 bits per heavy atom. The Kier molecular flexibility index (Phi) is 6.47. The lowest BCUT2D eigenvalue weighted by molar-refractivity contribution is -0.113. The van der Waals surface area contributed by atoms with Crippen LogP contribution in [0.2, 0.25) is 5.02 Å². The number of carbonyl (C=O) groups is 1. The largest absolute Gasteiger partial charge is 0.481 e. The van der Waals surface area contributed by atoms with Crippen molar-refractivity contribution >= 4 is 35.0 Å². The molecule has 7 nitrogen and oxygen atoms in total. The summed E-state index contributed by atoms with van der Waals surface area (Å²) in [5.41, 5.74) is 0.623. The number of hydrogen-bond donors (Lipinski definition) is 1. The number of amides is 1. The van der Waals surface area contributed by atoms with Gasteiger partial charge in [0.25, 0.3) is 11.1 Å². The van der Waals surface area contributed by atoms with Gasteiger partial charge < -0.3 is 14.5 Å². The van der Waals surface area contributed by atoms with Gasteiger partial charge in [-0.05, 0) is 30.3 Å². The number of aromatic nitrogens is 2. The highest BCUT2D eigenvalue weighted by Crippen LogP contribution is 2.22. The van der Waals surface area contributed by atoms with Gasteiger partial charge in [0.15, 0.2) is 18.2 Å². The second-order valence-electron chi connectivity index (χ2n) is 5.32. The summed E-state index contributed by atoms with van der Waals surface area (Å²) in [7, 11) is 0. The molecule has 2 aromatic carbocycles. The third kappa shape index (κ3) is 5.22. The van der Waals surface area contributed by atoms with Crippen LogP contribution in [0.3, 0.4) is 0 Å². The van der Waals surface area contributed by atoms with Crippen molar-refractivity contribution in [1.29, 1.82) is 5.26 Å². The van der Waals surface area contributed by atoms with Crippen LogP contribution >= 0.6 is 23.4 Å². The van der Waals surface area contributed by atoms with E-state index in [2.05, 4.69) is 15.5 Å². The van der Waals surface area contributed by atoms with E-state index in [0.29, 0.717) is 16.3 Å². The van der Waals surface area contributed by atoms with Crippen molar-refractivity contribution in [3.8, 4) is 11.8 Å². The number of nitrogens with one attached hydrogen (secondary N) is 1. The number of rotatable bonds is 7. The average Bonchev–Trinajstić information content (AvgIpc) is 3.14. The maximum Gasteiger partial charge on any atom is 0.277 e. The molecule has 28 heavy (non-hydrogen) atoms. The fourth-order valence-corrected chi connectivity index (χ4v) is 2.84. The molecule has 0 aliphatic carbocycles. The number of benzene rings is 2. The first-order valence-electron chi connectivity index (χ1n) is 7.87. The third-order valence-electron chi connectivity index (χ3n) is 3.34. The van der Waals surface area contributed by atoms with Gasteiger partial charge in [-0.2, -0.15) is 5.26 Å². The number of carbonyl (C=O) groups excluding carboxylic acids is 1. The minimum Gasteiger partial charge on any atom is -0.481 e. The number of anilines is 1. The Bertz CT molecular complexity index is 1040. The van der Waals surface area contributed by atoms with Crippen LogP contribution < -0.4 is 10.1 Å². The van der Waals surface area contributed by atoms with Crippen LogP contribution in [0.4, 0.5) is 10.1 Å². The van der Waals surface area contributed by atoms with Crippen molar-refractivity contribution in [3.63, 3.8) is 0 Å². The van der Waals surface area contributed by atoms with Crippen LogP contribution in [0.15, 0.2) is 52.1 Å². The number of thioether (sulfide) groups is 1. The van der Waals surface area contributed by atoms with Gasteiger partial charge >= 0.3 is 0 Å². The fourth-order valence-electron chi connectivity index (χ4n) is 2.09. The predicted octanol–water partition coefficient (Wildman–Crippen LogP) is 4.04. The lowest BCUT2D eigenvalue weighted by Crippen LogP contribution is -2.15. The zero-order chi connectivity index (χ0) is 19.9. The van der Waals surface area contributed by atoms with Gasteiger partial charge in [-0.25, -0.2) is 4.39 Å². The maximum atomic E-state index is 13.5. The quantitative estimate of drug-likeness (QED) is 0.577. The van der Waals surface area contributed by atoms with E-state index in [1.165, 1.54) is 24.3 Å². The SMILES string of the molecule is N#Cc1ccc(Cl)cc1NC(=O)CSc1nnc(COc2ccccc2F)o1. The lowest BCUT2D eigenvalue weighted by Gasteiger charge is -2.06. The number of halogens is 2. The molecule has 0 fully saturated rings. The molecule has 1 amide bonds. The molecular formula is C18H12ClFN4O3S. The number of hydrogen-bond acceptors (Lipinski definition) is 7. The van der Waals surface area contributed by atoms with E-state index < -0.39 is 5.82 Å². The summed E-state index contributed by atoms with van der Waals surface area (Å²) in [6, 6.07) is 12.5. The van der Waals surface area contributed by atoms with E-state index in [0.717, 1.165) is 11.8 Å². The van der Waals surface area contributed by atoms with Crippen molar-refractivity contribution in [1.82, 2.24) is 10.2 Å². The maximum absolute atomic E-state index is 13.5. The molecule has 0 saturated carbocycles. The zero-order valence-corrected chi connectivity index (χ0v) is 15.8. The summed E-state index contributed by atoms with van der Waals surface area (Å²) in [6.07, 6.45) is 0. The Hall–Kier alpha value is -3.09. The van der Waals surface area contributed by atoms with Crippen LogP contribution in [0.25, 0.3) is 0 Å². The molecular weight excluding hydrogens is 407 g/mol. The summed E-state index contributed by atoms with van der Waals surface area (Å²) < 4.78 is 24.1. The molecule has 0 unspecified atom stereocenters. The molecule has 3 rings (SSSR count). The monoisotopic (exact) mass is 418 g/mol. The first-order valence-corrected chi connectivity index (χ1v) is 9.23. The minimum atomic E-state index is -0.494. The second-order valence-corrected chi connectivity index (χ2v) is 6.68. The summed E-state index contributed by atoms with van der Waals surface area (Å²) >= 11 is 6.90. The van der Waals surface area contributed by atoms with E-state index in [9.17, 15) is 9.18 Å². The summed E-state index contributed by atoms with van der Waals surface area (Å²) in [5.74, 6) is -0.665. The molecule has 0 saturated heterocycles. The van der Waals surface area contributed by atoms with E-state index in [1.54, 1.807) is 18.2 Å². The van der Waals surface area contributed by atoms with Crippen LogP contribution in [-0.2, 0) is 11.4 Å². The normalized spacial score (nSPS) is 10.3. The standard InChI is InChI=1S/C18H12ClFN4O3S/c19-12-6-5-11(8-21)14(7-12)22-16(25)10-28-18-24-23-17(27-18)9-26-15-4-2-1-3-13(15)20/h1-7H,9-10H2,(H,22,25). The molecule has 10 heteroatoms. The third-order valence-corrected chi connectivity index (χ3v) is 4.39. The van der Waals surface area contributed by atoms with Gasteiger partial charge in [-0.15, -0.1) is 10.2 Å². The van der Waals surface area contributed by atoms with Gasteiger partial charge in [0.2, 0.25) is 5.91 Å². The molecule has 1 N–H and O–H groups in total. The van der Waals surface area contributed by atoms with Crippen LogP contribution in [0, 0.1) is 17.1 Å². The summed E-state index contributed by atoms with van der Waals surface area (Å²) in [6.45, 7) is -0.102. The Labute approximate surface area is 168 Å². The van der Waals surface area contributed by atoms with E-state index in [1.807, 2.05) is 6.07 Å². The summed E-state index contributed by atoms with van der Waals surface area (Å²) in [4.78, 5) is 12.1. The van der Waals surface area contributed by atoms with Crippen LogP contribution in [0.5, 0.6) is 5.75 Å². The average molecular weight is 419 g/mol. The van der Waals surface area contributed by atoms with Crippen molar-refractivity contribution in [2.75, 3.05) is 11.1 Å². The first kappa shape index (κ1) is 19.7. The molecule has 0 spiro atoms. The Morgan fingerprint density at radius 2 is 2.14 bits per heavy atom. The van der Waals surface area contributed by atoms with Gasteiger partial charge in [0.1, 0.15) is 6.07 Å². The second kappa shape index (κ2) is 9.21. The van der Waals surface area contributed by atoms with Crippen molar-refractivity contribution in [2.24, 2.45) is 0 Å². The van der Waals surface area contributed by atoms with Crippen molar-refractivity contribution < 1.29 is 18.3 Å². The molecule has 0 radical (unpaired) electrons. The molecule has 0 atom stereocenters. The fraction of sp³-hybridized carbons (Fsp3) is 0.111. The van der Waals surface area contributed by atoms with Gasteiger partial charge in [-0.1, -0.05) is 35.5 Å². The molecule has 0 aliphatic heterocycles. The van der Waals surface area contributed by atoms with Crippen molar-refractivity contribution in [2.45, 2.75) is 11.8 Å². The summed E-state index contributed by atoms with van der Waals surface area (Å²) in [5, 5.41) is 19.8. The number of para-hydroxylation sites is 1. The molecule has 0 bridgehead atoms. The Balaban J connectivity index is 1.52. The zero-order valence-electron chi connectivity index (χ0n) is 14.2. The van der Waals surface area contributed by atoms with Crippen LogP contribution in [0.1, 0.15) is 11.5 Å². The van der Waals surface area contributed by atoms with Gasteiger partial charge in [0.05, 0.1) is 17.0 Å². The lowest BCUT2D eigenvalue weighted by atomic mass is 10.2. The molecule has 0 aliphatic rings. The highest BCUT2D eigenvalue weighted by molar-refractivity contribution is 7.99. The highest BCUT2D eigenvalue weighted by Gasteiger charge is 2.13. The molecule has 142 valence electrons.